The number of anilines is 1. The number of fused-ring (bicyclic) bond motifs is 2. The van der Waals surface area contributed by atoms with E-state index in [2.05, 4.69) is 37.8 Å². The molecule has 6 aromatic rings. The highest BCUT2D eigenvalue weighted by Crippen LogP contribution is 2.37. The molecule has 1 saturated heterocycles. The Balaban J connectivity index is 1.18. The molecule has 13 nitrogen and oxygen atoms in total. The third-order valence-corrected chi connectivity index (χ3v) is 12.7. The Morgan fingerprint density at radius 2 is 1.91 bits per heavy atom. The van der Waals surface area contributed by atoms with Gasteiger partial charge in [0, 0.05) is 64.8 Å². The number of aromatic nitrogens is 5. The number of rotatable bonds is 8. The smallest absolute Gasteiger partial charge is 0.355 e. The number of nitriles is 1. The zero-order valence-corrected chi connectivity index (χ0v) is 33.2. The predicted octanol–water partition coefficient (Wildman–Crippen LogP) is 5.99. The molecule has 57 heavy (non-hydrogen) atoms. The minimum absolute atomic E-state index is 0.0124. The molecule has 1 aromatic carbocycles. The van der Waals surface area contributed by atoms with Crippen molar-refractivity contribution in [3.05, 3.63) is 90.8 Å². The van der Waals surface area contributed by atoms with Gasteiger partial charge in [-0.25, -0.2) is 19.7 Å². The molecular formula is C37H29ClF3N9O4S3. The lowest BCUT2D eigenvalue weighted by Crippen LogP contribution is -2.46. The van der Waals surface area contributed by atoms with Crippen molar-refractivity contribution in [1.29, 1.82) is 5.26 Å². The molecule has 20 heteroatoms. The first-order valence-electron chi connectivity index (χ1n) is 17.1. The normalized spacial score (nSPS) is 14.0. The predicted molar refractivity (Wildman–Crippen MR) is 211 cm³/mol. The number of amides is 1. The molecule has 1 N–H and O–H groups in total. The van der Waals surface area contributed by atoms with E-state index in [1.165, 1.54) is 49.5 Å². The third-order valence-electron chi connectivity index (χ3n) is 9.47. The number of thiophene rings is 1. The lowest BCUT2D eigenvalue weighted by molar-refractivity contribution is -0.147. The molecule has 0 spiro atoms. The molecule has 0 atom stereocenters. The van der Waals surface area contributed by atoms with Crippen molar-refractivity contribution in [3.8, 4) is 29.0 Å². The Bertz CT molecular complexity index is 2820. The zero-order chi connectivity index (χ0) is 40.6. The zero-order valence-electron chi connectivity index (χ0n) is 30.0. The second kappa shape index (κ2) is 15.8. The maximum atomic E-state index is 14.0. The van der Waals surface area contributed by atoms with Crippen LogP contribution in [0.5, 0.6) is 0 Å². The van der Waals surface area contributed by atoms with E-state index in [4.69, 9.17) is 11.6 Å². The van der Waals surface area contributed by atoms with Crippen LogP contribution in [0.15, 0.2) is 62.8 Å². The number of hydrogen-bond acceptors (Lipinski definition) is 13. The van der Waals surface area contributed by atoms with Gasteiger partial charge in [0.05, 0.1) is 51.5 Å². The first-order valence-corrected chi connectivity index (χ1v) is 20.8. The van der Waals surface area contributed by atoms with Gasteiger partial charge in [-0.3, -0.25) is 24.0 Å². The van der Waals surface area contributed by atoms with E-state index in [0.29, 0.717) is 45.1 Å². The van der Waals surface area contributed by atoms with Crippen LogP contribution in [0.4, 0.5) is 19.0 Å². The summed E-state index contributed by atoms with van der Waals surface area (Å²) in [4.78, 5) is 47.4. The van der Waals surface area contributed by atoms with Gasteiger partial charge in [-0.1, -0.05) is 23.4 Å². The summed E-state index contributed by atoms with van der Waals surface area (Å²) in [6.45, 7) is 1.00. The van der Waals surface area contributed by atoms with Crippen molar-refractivity contribution in [1.82, 2.24) is 34.1 Å². The fourth-order valence-corrected chi connectivity index (χ4v) is 9.70. The van der Waals surface area contributed by atoms with Gasteiger partial charge in [-0.05, 0) is 44.0 Å². The number of likely N-dealkylation sites (tertiary alicyclic amines) is 1. The van der Waals surface area contributed by atoms with Crippen LogP contribution in [-0.2, 0) is 16.6 Å². The number of carbonyl (C=O) groups is 1. The van der Waals surface area contributed by atoms with Gasteiger partial charge in [-0.15, -0.1) is 22.7 Å². The Labute approximate surface area is 336 Å². The average molecular weight is 852 g/mol. The van der Waals surface area contributed by atoms with E-state index in [-0.39, 0.29) is 64.1 Å². The van der Waals surface area contributed by atoms with E-state index in [0.717, 1.165) is 11.3 Å². The Hall–Kier alpha value is -5.44. The fourth-order valence-electron chi connectivity index (χ4n) is 6.69. The lowest BCUT2D eigenvalue weighted by Gasteiger charge is -2.37. The third kappa shape index (κ3) is 8.20. The highest BCUT2D eigenvalue weighted by atomic mass is 35.5. The second-order valence-corrected chi connectivity index (χ2v) is 16.7. The number of aryl methyl sites for hydroxylation is 1. The number of alkyl halides is 3. The molecule has 0 saturated carbocycles. The largest absolute Gasteiger partial charge is 0.401 e. The van der Waals surface area contributed by atoms with Gasteiger partial charge in [0.15, 0.2) is 5.03 Å². The Morgan fingerprint density at radius 3 is 2.61 bits per heavy atom. The van der Waals surface area contributed by atoms with Crippen molar-refractivity contribution >= 4 is 77.1 Å². The van der Waals surface area contributed by atoms with E-state index in [1.807, 2.05) is 4.72 Å². The number of nitrogens with zero attached hydrogens (tertiary/aromatic N) is 8. The lowest BCUT2D eigenvalue weighted by atomic mass is 10.00. The number of pyridine rings is 2. The van der Waals surface area contributed by atoms with Crippen LogP contribution in [0, 0.1) is 30.1 Å². The van der Waals surface area contributed by atoms with Crippen LogP contribution >= 0.6 is 34.3 Å². The number of piperidine rings is 1. The van der Waals surface area contributed by atoms with Crippen LogP contribution in [0.1, 0.15) is 40.2 Å². The SMILES string of the molecule is Cc1nc2cnc(N(C)C3CCN(CC(F)(F)F)CC3)c(C#N)c2c(=O)n1CC#Cc1ccc(Cl)cc1-c1ccnc2c(C(=O)NS(=O)(=O)c3cscn3)csc12. The Morgan fingerprint density at radius 1 is 1.14 bits per heavy atom. The van der Waals surface area contributed by atoms with E-state index < -0.39 is 34.2 Å². The molecule has 292 valence electrons. The monoisotopic (exact) mass is 851 g/mol. The van der Waals surface area contributed by atoms with Crippen molar-refractivity contribution in [2.45, 2.75) is 43.6 Å². The molecule has 1 amide bonds. The van der Waals surface area contributed by atoms with Gasteiger partial charge < -0.3 is 4.90 Å². The van der Waals surface area contributed by atoms with Crippen LogP contribution in [0.2, 0.25) is 5.02 Å². The highest BCUT2D eigenvalue weighted by Gasteiger charge is 2.34. The summed E-state index contributed by atoms with van der Waals surface area (Å²) in [5.74, 6) is 5.86. The second-order valence-electron chi connectivity index (χ2n) is 13.1. The summed E-state index contributed by atoms with van der Waals surface area (Å²) >= 11 is 8.70. The number of sulfonamides is 1. The van der Waals surface area contributed by atoms with Gasteiger partial charge in [0.2, 0.25) is 0 Å². The summed E-state index contributed by atoms with van der Waals surface area (Å²) in [6, 6.07) is 8.71. The number of nitrogens with one attached hydrogen (secondary N) is 1. The first-order chi connectivity index (χ1) is 27.1. The number of halogens is 4. The standard InChI is InChI=1S/C37H29ClF3N9O4S3/c1-21-46-29-16-44-34(48(2)24-8-12-49(13-9-24)19-37(39,40)41)27(15-42)31(29)36(52)50(21)11-3-4-22-5-6-23(38)14-26(22)25-7-10-43-32-28(17-56-33(25)32)35(51)47-57(53,54)30-18-55-20-45-30/h5-7,10,14,16-18,20,24H,8-9,11-13,19H2,1-2H3,(H,47,51). The Kier molecular flexibility index (Phi) is 11.1. The van der Waals surface area contributed by atoms with Crippen molar-refractivity contribution in [2.75, 3.05) is 31.6 Å². The molecule has 0 bridgehead atoms. The van der Waals surface area contributed by atoms with E-state index in [9.17, 15) is 36.4 Å². The van der Waals surface area contributed by atoms with Crippen LogP contribution in [0.25, 0.3) is 32.2 Å². The van der Waals surface area contributed by atoms with Gasteiger partial charge in [-0.2, -0.15) is 26.9 Å². The highest BCUT2D eigenvalue weighted by molar-refractivity contribution is 7.90. The molecule has 1 aliphatic rings. The maximum Gasteiger partial charge on any atom is 0.401 e. The minimum Gasteiger partial charge on any atom is -0.355 e. The van der Waals surface area contributed by atoms with Gasteiger partial charge in [0.1, 0.15) is 23.3 Å². The summed E-state index contributed by atoms with van der Waals surface area (Å²) in [5, 5.41) is 13.3. The number of hydrogen-bond donors (Lipinski definition) is 1. The number of thiazole rings is 1. The summed E-state index contributed by atoms with van der Waals surface area (Å²) in [6.07, 6.45) is -0.549. The van der Waals surface area contributed by atoms with Crippen molar-refractivity contribution in [2.24, 2.45) is 0 Å². The number of carbonyl (C=O) groups excluding carboxylic acids is 1. The molecule has 1 aliphatic heterocycles. The molecule has 5 aromatic heterocycles. The molecule has 1 fully saturated rings. The van der Waals surface area contributed by atoms with Crippen LogP contribution in [0.3, 0.4) is 0 Å². The maximum absolute atomic E-state index is 14.0. The van der Waals surface area contributed by atoms with Crippen molar-refractivity contribution < 1.29 is 26.4 Å². The quantitative estimate of drug-likeness (QED) is 0.179. The van der Waals surface area contributed by atoms with Crippen LogP contribution < -0.4 is 15.2 Å². The van der Waals surface area contributed by atoms with E-state index >= 15 is 0 Å². The summed E-state index contributed by atoms with van der Waals surface area (Å²) < 4.78 is 68.2. The van der Waals surface area contributed by atoms with Crippen molar-refractivity contribution in [3.63, 3.8) is 0 Å². The van der Waals surface area contributed by atoms with Gasteiger partial charge in [0.25, 0.3) is 21.5 Å². The minimum atomic E-state index is -4.29. The molecular weight excluding hydrogens is 823 g/mol. The van der Waals surface area contributed by atoms with Crippen LogP contribution in [-0.4, -0.2) is 82.6 Å². The summed E-state index contributed by atoms with van der Waals surface area (Å²) in [5.41, 5.74) is 3.16. The molecule has 0 radical (unpaired) electrons. The molecule has 7 rings (SSSR count). The molecule has 0 aliphatic carbocycles. The number of benzene rings is 1. The summed E-state index contributed by atoms with van der Waals surface area (Å²) in [7, 11) is -2.48. The molecule has 0 unspecified atom stereocenters. The van der Waals surface area contributed by atoms with Gasteiger partial charge >= 0.3 is 6.18 Å². The topological polar surface area (TPSA) is 167 Å². The average Bonchev–Trinajstić information content (AvgIpc) is 3.87. The molecule has 6 heterocycles. The first kappa shape index (κ1) is 39.8. The van der Waals surface area contributed by atoms with E-state index in [1.54, 1.807) is 43.1 Å². The fraction of sp³-hybridized carbons (Fsp3) is 0.270.